The van der Waals surface area contributed by atoms with Crippen molar-refractivity contribution >= 4 is 17.3 Å². The fourth-order valence-corrected chi connectivity index (χ4v) is 2.16. The summed E-state index contributed by atoms with van der Waals surface area (Å²) in [7, 11) is 1.69. The average Bonchev–Trinajstić information content (AvgIpc) is 2.41. The standard InChI is InChI=1S/C16H18ClNO/c1-12(18-15-8-6-14(17)7-9-15)10-13-4-3-5-16(11-13)19-2/h3-9,11-12,18H,10H2,1-2H3. The molecule has 0 aliphatic heterocycles. The van der Waals surface area contributed by atoms with Gasteiger partial charge in [-0.05, 0) is 55.3 Å². The third-order valence-corrected chi connectivity index (χ3v) is 3.19. The predicted octanol–water partition coefficient (Wildman–Crippen LogP) is 4.39. The molecular formula is C16H18ClNO. The van der Waals surface area contributed by atoms with Gasteiger partial charge in [-0.2, -0.15) is 0 Å². The topological polar surface area (TPSA) is 21.3 Å². The van der Waals surface area contributed by atoms with E-state index < -0.39 is 0 Å². The van der Waals surface area contributed by atoms with Crippen molar-refractivity contribution in [1.29, 1.82) is 0 Å². The Morgan fingerprint density at radius 3 is 2.58 bits per heavy atom. The highest BCUT2D eigenvalue weighted by Gasteiger charge is 2.04. The molecule has 0 aliphatic carbocycles. The zero-order valence-corrected chi connectivity index (χ0v) is 11.9. The summed E-state index contributed by atoms with van der Waals surface area (Å²) in [5.74, 6) is 0.899. The van der Waals surface area contributed by atoms with Crippen LogP contribution >= 0.6 is 11.6 Å². The smallest absolute Gasteiger partial charge is 0.119 e. The Labute approximate surface area is 119 Å². The van der Waals surface area contributed by atoms with E-state index in [1.165, 1.54) is 5.56 Å². The van der Waals surface area contributed by atoms with Crippen molar-refractivity contribution in [3.63, 3.8) is 0 Å². The fraction of sp³-hybridized carbons (Fsp3) is 0.250. The van der Waals surface area contributed by atoms with Crippen LogP contribution in [0.5, 0.6) is 5.75 Å². The first-order valence-corrected chi connectivity index (χ1v) is 6.70. The molecule has 0 aromatic heterocycles. The van der Waals surface area contributed by atoms with Gasteiger partial charge in [0.2, 0.25) is 0 Å². The van der Waals surface area contributed by atoms with Crippen LogP contribution in [0.2, 0.25) is 5.02 Å². The maximum Gasteiger partial charge on any atom is 0.119 e. The number of benzene rings is 2. The minimum Gasteiger partial charge on any atom is -0.497 e. The summed E-state index contributed by atoms with van der Waals surface area (Å²) >= 11 is 5.87. The lowest BCUT2D eigenvalue weighted by molar-refractivity contribution is 0.414. The molecular weight excluding hydrogens is 258 g/mol. The van der Waals surface area contributed by atoms with Crippen LogP contribution in [0.4, 0.5) is 5.69 Å². The quantitative estimate of drug-likeness (QED) is 0.874. The van der Waals surface area contributed by atoms with Crippen molar-refractivity contribution in [3.8, 4) is 5.75 Å². The molecule has 2 rings (SSSR count). The van der Waals surface area contributed by atoms with Gasteiger partial charge in [0.25, 0.3) is 0 Å². The van der Waals surface area contributed by atoms with Gasteiger partial charge in [0.05, 0.1) is 7.11 Å². The van der Waals surface area contributed by atoms with E-state index in [1.54, 1.807) is 7.11 Å². The molecule has 2 aromatic rings. The molecule has 0 amide bonds. The Hall–Kier alpha value is -1.67. The maximum atomic E-state index is 5.87. The fourth-order valence-electron chi connectivity index (χ4n) is 2.03. The first-order chi connectivity index (χ1) is 9.17. The van der Waals surface area contributed by atoms with Crippen molar-refractivity contribution in [2.45, 2.75) is 19.4 Å². The maximum absolute atomic E-state index is 5.87. The molecule has 19 heavy (non-hydrogen) atoms. The number of ether oxygens (including phenoxy) is 1. The van der Waals surface area contributed by atoms with Crippen LogP contribution in [0.15, 0.2) is 48.5 Å². The summed E-state index contributed by atoms with van der Waals surface area (Å²) in [6.45, 7) is 2.16. The minimum absolute atomic E-state index is 0.341. The van der Waals surface area contributed by atoms with Crippen molar-refractivity contribution in [2.75, 3.05) is 12.4 Å². The summed E-state index contributed by atoms with van der Waals surface area (Å²) in [6.07, 6.45) is 0.944. The van der Waals surface area contributed by atoms with Gasteiger partial charge in [0.15, 0.2) is 0 Å². The van der Waals surface area contributed by atoms with Gasteiger partial charge in [0, 0.05) is 16.8 Å². The van der Waals surface area contributed by atoms with Crippen LogP contribution in [0.25, 0.3) is 0 Å². The molecule has 2 aromatic carbocycles. The summed E-state index contributed by atoms with van der Waals surface area (Å²) in [4.78, 5) is 0. The Balaban J connectivity index is 1.96. The van der Waals surface area contributed by atoms with Crippen molar-refractivity contribution in [3.05, 3.63) is 59.1 Å². The molecule has 3 heteroatoms. The first kappa shape index (κ1) is 13.8. The second-order valence-electron chi connectivity index (χ2n) is 4.61. The van der Waals surface area contributed by atoms with Crippen molar-refractivity contribution in [1.82, 2.24) is 0 Å². The minimum atomic E-state index is 0.341. The zero-order valence-electron chi connectivity index (χ0n) is 11.2. The van der Waals surface area contributed by atoms with Crippen LogP contribution in [-0.4, -0.2) is 13.2 Å². The number of halogens is 1. The summed E-state index contributed by atoms with van der Waals surface area (Å²) in [6, 6.07) is 16.3. The lowest BCUT2D eigenvalue weighted by atomic mass is 10.1. The Bertz CT molecular complexity index is 525. The van der Waals surface area contributed by atoms with E-state index in [0.29, 0.717) is 6.04 Å². The molecule has 0 radical (unpaired) electrons. The summed E-state index contributed by atoms with van der Waals surface area (Å²) in [5, 5.41) is 4.21. The SMILES string of the molecule is COc1cccc(CC(C)Nc2ccc(Cl)cc2)c1. The second-order valence-corrected chi connectivity index (χ2v) is 5.04. The zero-order chi connectivity index (χ0) is 13.7. The van der Waals surface area contributed by atoms with E-state index in [0.717, 1.165) is 22.9 Å². The molecule has 100 valence electrons. The first-order valence-electron chi connectivity index (χ1n) is 6.32. The second kappa shape index (κ2) is 6.48. The molecule has 0 fully saturated rings. The number of hydrogen-bond acceptors (Lipinski definition) is 2. The van der Waals surface area contributed by atoms with Gasteiger partial charge < -0.3 is 10.1 Å². The highest BCUT2D eigenvalue weighted by atomic mass is 35.5. The average molecular weight is 276 g/mol. The van der Waals surface area contributed by atoms with Gasteiger partial charge in [-0.3, -0.25) is 0 Å². The Morgan fingerprint density at radius 1 is 1.16 bits per heavy atom. The molecule has 1 unspecified atom stereocenters. The van der Waals surface area contributed by atoms with Crippen LogP contribution in [0.1, 0.15) is 12.5 Å². The van der Waals surface area contributed by atoms with Gasteiger partial charge in [-0.25, -0.2) is 0 Å². The third kappa shape index (κ3) is 4.18. The normalized spacial score (nSPS) is 11.9. The lowest BCUT2D eigenvalue weighted by Gasteiger charge is -2.15. The predicted molar refractivity (Wildman–Crippen MR) is 81.2 cm³/mol. The Morgan fingerprint density at radius 2 is 1.89 bits per heavy atom. The number of anilines is 1. The van der Waals surface area contributed by atoms with E-state index in [-0.39, 0.29) is 0 Å². The van der Waals surface area contributed by atoms with E-state index >= 15 is 0 Å². The number of hydrogen-bond donors (Lipinski definition) is 1. The molecule has 1 N–H and O–H groups in total. The van der Waals surface area contributed by atoms with Gasteiger partial charge in [-0.1, -0.05) is 23.7 Å². The van der Waals surface area contributed by atoms with Gasteiger partial charge >= 0.3 is 0 Å². The van der Waals surface area contributed by atoms with Crippen molar-refractivity contribution in [2.24, 2.45) is 0 Å². The number of methoxy groups -OCH3 is 1. The molecule has 0 heterocycles. The van der Waals surface area contributed by atoms with Crippen LogP contribution in [-0.2, 0) is 6.42 Å². The molecule has 0 saturated carbocycles. The number of nitrogens with one attached hydrogen (secondary N) is 1. The van der Waals surface area contributed by atoms with Crippen LogP contribution in [0.3, 0.4) is 0 Å². The summed E-state index contributed by atoms with van der Waals surface area (Å²) in [5.41, 5.74) is 2.34. The van der Waals surface area contributed by atoms with Crippen LogP contribution < -0.4 is 10.1 Å². The Kier molecular flexibility index (Phi) is 4.69. The highest BCUT2D eigenvalue weighted by molar-refractivity contribution is 6.30. The van der Waals surface area contributed by atoms with E-state index in [2.05, 4.69) is 24.4 Å². The molecule has 2 nitrogen and oxygen atoms in total. The molecule has 1 atom stereocenters. The van der Waals surface area contributed by atoms with Gasteiger partial charge in [0.1, 0.15) is 5.75 Å². The highest BCUT2D eigenvalue weighted by Crippen LogP contribution is 2.17. The summed E-state index contributed by atoms with van der Waals surface area (Å²) < 4.78 is 5.23. The van der Waals surface area contributed by atoms with E-state index in [9.17, 15) is 0 Å². The molecule has 0 aliphatic rings. The van der Waals surface area contributed by atoms with E-state index in [1.807, 2.05) is 36.4 Å². The molecule has 0 saturated heterocycles. The van der Waals surface area contributed by atoms with Crippen LogP contribution in [0, 0.1) is 0 Å². The molecule has 0 bridgehead atoms. The lowest BCUT2D eigenvalue weighted by Crippen LogP contribution is -2.17. The monoisotopic (exact) mass is 275 g/mol. The third-order valence-electron chi connectivity index (χ3n) is 2.93. The largest absolute Gasteiger partial charge is 0.497 e. The van der Waals surface area contributed by atoms with Gasteiger partial charge in [-0.15, -0.1) is 0 Å². The van der Waals surface area contributed by atoms with E-state index in [4.69, 9.17) is 16.3 Å². The van der Waals surface area contributed by atoms with Crippen molar-refractivity contribution < 1.29 is 4.74 Å². The number of rotatable bonds is 5. The molecule has 0 spiro atoms.